The average Bonchev–Trinajstić information content (AvgIpc) is 2.65. The van der Waals surface area contributed by atoms with Crippen molar-refractivity contribution in [3.05, 3.63) is 29.6 Å². The van der Waals surface area contributed by atoms with Crippen LogP contribution < -0.4 is 5.32 Å². The van der Waals surface area contributed by atoms with Gasteiger partial charge < -0.3 is 10.1 Å². The maximum Gasteiger partial charge on any atom is 0.143 e. The summed E-state index contributed by atoms with van der Waals surface area (Å²) in [5.74, 6) is -0.487. The smallest absolute Gasteiger partial charge is 0.143 e. The van der Waals surface area contributed by atoms with E-state index in [-0.39, 0.29) is 17.7 Å². The average molecular weight is 220 g/mol. The summed E-state index contributed by atoms with van der Waals surface area (Å²) in [6.07, 6.45) is 0.970. The monoisotopic (exact) mass is 220 g/mol. The first-order valence-corrected chi connectivity index (χ1v) is 5.29. The van der Waals surface area contributed by atoms with Crippen molar-refractivity contribution in [3.8, 4) is 6.07 Å². The molecule has 0 spiro atoms. The van der Waals surface area contributed by atoms with Gasteiger partial charge in [-0.15, -0.1) is 0 Å². The summed E-state index contributed by atoms with van der Waals surface area (Å²) in [6, 6.07) is 6.62. The molecule has 0 radical (unpaired) electrons. The van der Waals surface area contributed by atoms with Gasteiger partial charge in [-0.2, -0.15) is 5.26 Å². The van der Waals surface area contributed by atoms with Crippen LogP contribution in [0.4, 0.5) is 10.1 Å². The molecule has 0 saturated carbocycles. The molecule has 1 fully saturated rings. The Balaban J connectivity index is 2.21. The van der Waals surface area contributed by atoms with Crippen LogP contribution in [0.25, 0.3) is 0 Å². The maximum atomic E-state index is 13.3. The van der Waals surface area contributed by atoms with Gasteiger partial charge in [0.1, 0.15) is 17.4 Å². The Morgan fingerprint density at radius 2 is 2.38 bits per heavy atom. The summed E-state index contributed by atoms with van der Waals surface area (Å²) >= 11 is 0. The molecule has 4 heteroatoms. The zero-order chi connectivity index (χ0) is 11.5. The highest BCUT2D eigenvalue weighted by Gasteiger charge is 2.24. The lowest BCUT2D eigenvalue weighted by Crippen LogP contribution is -2.27. The van der Waals surface area contributed by atoms with Crippen molar-refractivity contribution in [2.45, 2.75) is 25.5 Å². The van der Waals surface area contributed by atoms with Crippen molar-refractivity contribution in [3.63, 3.8) is 0 Å². The van der Waals surface area contributed by atoms with Gasteiger partial charge in [0.25, 0.3) is 0 Å². The van der Waals surface area contributed by atoms with E-state index in [4.69, 9.17) is 10.00 Å². The number of hydrogen-bond donors (Lipinski definition) is 1. The molecule has 0 aliphatic carbocycles. The Hall–Kier alpha value is -1.60. The van der Waals surface area contributed by atoms with E-state index in [0.29, 0.717) is 12.3 Å². The highest BCUT2D eigenvalue weighted by molar-refractivity contribution is 5.58. The lowest BCUT2D eigenvalue weighted by Gasteiger charge is -2.18. The lowest BCUT2D eigenvalue weighted by molar-refractivity contribution is 0.121. The van der Waals surface area contributed by atoms with Crippen molar-refractivity contribution in [1.82, 2.24) is 0 Å². The van der Waals surface area contributed by atoms with E-state index < -0.39 is 5.82 Å². The van der Waals surface area contributed by atoms with Crippen LogP contribution in [0.15, 0.2) is 18.2 Å². The van der Waals surface area contributed by atoms with Gasteiger partial charge in [0.05, 0.1) is 17.8 Å². The topological polar surface area (TPSA) is 45.0 Å². The van der Waals surface area contributed by atoms with Crippen molar-refractivity contribution >= 4 is 5.69 Å². The third-order valence-electron chi connectivity index (χ3n) is 2.84. The van der Waals surface area contributed by atoms with E-state index in [2.05, 4.69) is 5.32 Å². The fourth-order valence-corrected chi connectivity index (χ4v) is 1.88. The Morgan fingerprint density at radius 1 is 1.56 bits per heavy atom. The Labute approximate surface area is 93.8 Å². The Bertz CT molecular complexity index is 428. The standard InChI is InChI=1S/C12H13FN2O/c1-8-11(5-6-16-8)15-12-4-2-3-10(13)9(12)7-14/h2-4,8,11,15H,5-6H2,1H3. The zero-order valence-corrected chi connectivity index (χ0v) is 9.03. The maximum absolute atomic E-state index is 13.3. The number of halogens is 1. The van der Waals surface area contributed by atoms with Crippen LogP contribution in [0, 0.1) is 17.1 Å². The van der Waals surface area contributed by atoms with Crippen molar-refractivity contribution in [1.29, 1.82) is 5.26 Å². The largest absolute Gasteiger partial charge is 0.378 e. The van der Waals surface area contributed by atoms with Crippen molar-refractivity contribution < 1.29 is 9.13 Å². The first-order chi connectivity index (χ1) is 7.72. The normalized spacial score (nSPS) is 24.1. The number of anilines is 1. The fourth-order valence-electron chi connectivity index (χ4n) is 1.88. The van der Waals surface area contributed by atoms with Gasteiger partial charge >= 0.3 is 0 Å². The van der Waals surface area contributed by atoms with Gasteiger partial charge in [0.15, 0.2) is 0 Å². The molecule has 1 heterocycles. The van der Waals surface area contributed by atoms with Crippen LogP contribution in [0.3, 0.4) is 0 Å². The second-order valence-corrected chi connectivity index (χ2v) is 3.89. The minimum atomic E-state index is -0.487. The van der Waals surface area contributed by atoms with E-state index in [9.17, 15) is 4.39 Å². The number of ether oxygens (including phenoxy) is 1. The fraction of sp³-hybridized carbons (Fsp3) is 0.417. The van der Waals surface area contributed by atoms with Gasteiger partial charge in [-0.3, -0.25) is 0 Å². The predicted molar refractivity (Wildman–Crippen MR) is 58.6 cm³/mol. The molecule has 16 heavy (non-hydrogen) atoms. The third-order valence-corrected chi connectivity index (χ3v) is 2.84. The minimum absolute atomic E-state index is 0.0709. The van der Waals surface area contributed by atoms with Crippen LogP contribution in [-0.4, -0.2) is 18.8 Å². The number of nitrogens with zero attached hydrogens (tertiary/aromatic N) is 1. The molecule has 2 unspecified atom stereocenters. The number of nitrogens with one attached hydrogen (secondary N) is 1. The molecule has 1 saturated heterocycles. The van der Waals surface area contributed by atoms with E-state index in [0.717, 1.165) is 6.42 Å². The number of rotatable bonds is 2. The molecule has 1 aliphatic rings. The molecule has 84 valence electrons. The van der Waals surface area contributed by atoms with Crippen LogP contribution in [0.5, 0.6) is 0 Å². The third kappa shape index (κ3) is 2.00. The molecule has 0 amide bonds. The van der Waals surface area contributed by atoms with Crippen LogP contribution in [0.1, 0.15) is 18.9 Å². The number of hydrogen-bond acceptors (Lipinski definition) is 3. The van der Waals surface area contributed by atoms with E-state index in [1.807, 2.05) is 13.0 Å². The molecule has 0 bridgehead atoms. The van der Waals surface area contributed by atoms with Crippen LogP contribution >= 0.6 is 0 Å². The summed E-state index contributed by atoms with van der Waals surface area (Å²) in [5, 5.41) is 12.0. The summed E-state index contributed by atoms with van der Waals surface area (Å²) in [7, 11) is 0. The van der Waals surface area contributed by atoms with E-state index in [1.54, 1.807) is 12.1 Å². The number of benzene rings is 1. The first-order valence-electron chi connectivity index (χ1n) is 5.29. The quantitative estimate of drug-likeness (QED) is 0.831. The minimum Gasteiger partial charge on any atom is -0.378 e. The molecule has 3 nitrogen and oxygen atoms in total. The second-order valence-electron chi connectivity index (χ2n) is 3.89. The molecule has 1 aromatic rings. The molecule has 1 aromatic carbocycles. The van der Waals surface area contributed by atoms with Gasteiger partial charge in [-0.1, -0.05) is 6.07 Å². The highest BCUT2D eigenvalue weighted by Crippen LogP contribution is 2.23. The van der Waals surface area contributed by atoms with Gasteiger partial charge in [0, 0.05) is 6.61 Å². The van der Waals surface area contributed by atoms with E-state index >= 15 is 0 Å². The SMILES string of the molecule is CC1OCCC1Nc1cccc(F)c1C#N. The molecular weight excluding hydrogens is 207 g/mol. The molecule has 0 aromatic heterocycles. The molecular formula is C12H13FN2O. The Morgan fingerprint density at radius 3 is 3.00 bits per heavy atom. The lowest BCUT2D eigenvalue weighted by atomic mass is 10.1. The predicted octanol–water partition coefficient (Wildman–Crippen LogP) is 2.29. The molecule has 2 rings (SSSR count). The molecule has 1 N–H and O–H groups in total. The van der Waals surface area contributed by atoms with Crippen LogP contribution in [0.2, 0.25) is 0 Å². The summed E-state index contributed by atoms with van der Waals surface area (Å²) in [4.78, 5) is 0. The van der Waals surface area contributed by atoms with Gasteiger partial charge in [-0.25, -0.2) is 4.39 Å². The molecule has 2 atom stereocenters. The van der Waals surface area contributed by atoms with E-state index in [1.165, 1.54) is 6.07 Å². The van der Waals surface area contributed by atoms with Gasteiger partial charge in [0.2, 0.25) is 0 Å². The molecule has 1 aliphatic heterocycles. The summed E-state index contributed by atoms with van der Waals surface area (Å²) in [6.45, 7) is 2.67. The van der Waals surface area contributed by atoms with Crippen molar-refractivity contribution in [2.24, 2.45) is 0 Å². The summed E-state index contributed by atoms with van der Waals surface area (Å²) in [5.41, 5.74) is 0.617. The Kier molecular flexibility index (Phi) is 3.07. The second kappa shape index (κ2) is 4.50. The van der Waals surface area contributed by atoms with Gasteiger partial charge in [-0.05, 0) is 25.5 Å². The highest BCUT2D eigenvalue weighted by atomic mass is 19.1. The number of nitriles is 1. The summed E-state index contributed by atoms with van der Waals surface area (Å²) < 4.78 is 18.7. The van der Waals surface area contributed by atoms with Crippen molar-refractivity contribution in [2.75, 3.05) is 11.9 Å². The zero-order valence-electron chi connectivity index (χ0n) is 9.03. The van der Waals surface area contributed by atoms with Crippen LogP contribution in [-0.2, 0) is 4.74 Å². The first kappa shape index (κ1) is 10.9.